The van der Waals surface area contributed by atoms with Crippen LogP contribution in [0.5, 0.6) is 5.75 Å². The van der Waals surface area contributed by atoms with Crippen LogP contribution >= 0.6 is 45.2 Å². The van der Waals surface area contributed by atoms with Crippen LogP contribution in [0.25, 0.3) is 0 Å². The standard InChI is InChI=1S/C17H15I2NO5/c18-12-6-11(7-13(19)15(12)21)8-14(16(22)23)20-17(24)25-9-10-4-2-1-3-5-10/h1-7,14,21H,8-9H2,(H,20,24)(H,22,23)/t14-/m1/s1. The number of alkyl carbamates (subject to hydrolysis) is 1. The molecule has 0 spiro atoms. The van der Waals surface area contributed by atoms with E-state index < -0.39 is 18.1 Å². The van der Waals surface area contributed by atoms with Gasteiger partial charge in [-0.25, -0.2) is 9.59 Å². The zero-order valence-corrected chi connectivity index (χ0v) is 17.2. The lowest BCUT2D eigenvalue weighted by Crippen LogP contribution is -2.42. The van der Waals surface area contributed by atoms with Crippen molar-refractivity contribution in [1.29, 1.82) is 0 Å². The summed E-state index contributed by atoms with van der Waals surface area (Å²) in [6.07, 6.45) is -0.707. The second kappa shape index (κ2) is 9.22. The molecule has 132 valence electrons. The molecule has 0 bridgehead atoms. The summed E-state index contributed by atoms with van der Waals surface area (Å²) in [4.78, 5) is 23.3. The molecule has 25 heavy (non-hydrogen) atoms. The molecule has 8 heteroatoms. The summed E-state index contributed by atoms with van der Waals surface area (Å²) >= 11 is 3.94. The van der Waals surface area contributed by atoms with Gasteiger partial charge in [-0.05, 0) is 68.4 Å². The minimum Gasteiger partial charge on any atom is -0.506 e. The molecule has 0 radical (unpaired) electrons. The van der Waals surface area contributed by atoms with Crippen LogP contribution in [-0.2, 0) is 22.6 Å². The number of hydrogen-bond donors (Lipinski definition) is 3. The van der Waals surface area contributed by atoms with Crippen LogP contribution in [0.2, 0.25) is 0 Å². The number of carboxylic acid groups (broad SMARTS) is 1. The number of carbonyl (C=O) groups excluding carboxylic acids is 1. The topological polar surface area (TPSA) is 95.9 Å². The number of ether oxygens (including phenoxy) is 1. The molecule has 0 aliphatic carbocycles. The predicted molar refractivity (Wildman–Crippen MR) is 108 cm³/mol. The third-order valence-corrected chi connectivity index (χ3v) is 4.96. The largest absolute Gasteiger partial charge is 0.506 e. The number of carboxylic acids is 1. The highest BCUT2D eigenvalue weighted by Crippen LogP contribution is 2.27. The monoisotopic (exact) mass is 567 g/mol. The lowest BCUT2D eigenvalue weighted by Gasteiger charge is -2.15. The Hall–Kier alpha value is -1.56. The lowest BCUT2D eigenvalue weighted by molar-refractivity contribution is -0.139. The molecule has 2 aromatic rings. The van der Waals surface area contributed by atoms with Gasteiger partial charge in [0.25, 0.3) is 0 Å². The van der Waals surface area contributed by atoms with Crippen molar-refractivity contribution in [3.63, 3.8) is 0 Å². The van der Waals surface area contributed by atoms with Crippen LogP contribution in [-0.4, -0.2) is 28.3 Å². The van der Waals surface area contributed by atoms with Gasteiger partial charge >= 0.3 is 12.1 Å². The van der Waals surface area contributed by atoms with E-state index in [9.17, 15) is 19.8 Å². The molecular formula is C17H15I2NO5. The normalized spacial score (nSPS) is 11.6. The first-order chi connectivity index (χ1) is 11.9. The van der Waals surface area contributed by atoms with Crippen molar-refractivity contribution < 1.29 is 24.5 Å². The molecule has 0 aliphatic rings. The number of phenols is 1. The smallest absolute Gasteiger partial charge is 0.408 e. The Morgan fingerprint density at radius 1 is 1.08 bits per heavy atom. The van der Waals surface area contributed by atoms with E-state index in [0.29, 0.717) is 12.7 Å². The van der Waals surface area contributed by atoms with Gasteiger partial charge in [-0.1, -0.05) is 30.3 Å². The molecule has 0 aliphatic heterocycles. The van der Waals surface area contributed by atoms with E-state index >= 15 is 0 Å². The summed E-state index contributed by atoms with van der Waals surface area (Å²) in [7, 11) is 0. The highest BCUT2D eigenvalue weighted by Gasteiger charge is 2.22. The number of nitrogens with one attached hydrogen (secondary N) is 1. The number of benzene rings is 2. The van der Waals surface area contributed by atoms with Crippen molar-refractivity contribution >= 4 is 57.2 Å². The molecule has 0 fully saturated rings. The fourth-order valence-corrected chi connectivity index (χ4v) is 3.98. The van der Waals surface area contributed by atoms with Crippen LogP contribution in [0.1, 0.15) is 11.1 Å². The Kier molecular flexibility index (Phi) is 7.29. The summed E-state index contributed by atoms with van der Waals surface area (Å²) in [6, 6.07) is 11.4. The average molecular weight is 567 g/mol. The highest BCUT2D eigenvalue weighted by atomic mass is 127. The molecule has 0 aromatic heterocycles. The molecular weight excluding hydrogens is 552 g/mol. The van der Waals surface area contributed by atoms with E-state index in [1.807, 2.05) is 75.5 Å². The molecule has 3 N–H and O–H groups in total. The number of amides is 1. The van der Waals surface area contributed by atoms with Gasteiger partial charge in [0, 0.05) is 6.42 Å². The van der Waals surface area contributed by atoms with Crippen LogP contribution < -0.4 is 5.32 Å². The minimum absolute atomic E-state index is 0.0635. The maximum absolute atomic E-state index is 11.9. The summed E-state index contributed by atoms with van der Waals surface area (Å²) in [6.45, 7) is 0.0635. The zero-order chi connectivity index (χ0) is 18.4. The molecule has 2 aromatic carbocycles. The minimum atomic E-state index is -1.16. The maximum Gasteiger partial charge on any atom is 0.408 e. The van der Waals surface area contributed by atoms with Gasteiger partial charge in [0.2, 0.25) is 0 Å². The second-order valence-electron chi connectivity index (χ2n) is 5.21. The first-order valence-electron chi connectivity index (χ1n) is 7.23. The van der Waals surface area contributed by atoms with Crippen molar-refractivity contribution in [3.8, 4) is 5.75 Å². The lowest BCUT2D eigenvalue weighted by atomic mass is 10.1. The number of phenolic OH excluding ortho intramolecular Hbond substituents is 1. The molecule has 6 nitrogen and oxygen atoms in total. The quantitative estimate of drug-likeness (QED) is 0.465. The molecule has 0 saturated heterocycles. The Morgan fingerprint density at radius 2 is 1.68 bits per heavy atom. The molecule has 2 rings (SSSR count). The first-order valence-corrected chi connectivity index (χ1v) is 9.39. The summed E-state index contributed by atoms with van der Waals surface area (Å²) in [5.74, 6) is -0.998. The molecule has 0 saturated carbocycles. The number of aromatic hydroxyl groups is 1. The van der Waals surface area contributed by atoms with E-state index in [1.54, 1.807) is 12.1 Å². The zero-order valence-electron chi connectivity index (χ0n) is 12.9. The van der Waals surface area contributed by atoms with E-state index in [1.165, 1.54) is 0 Å². The Balaban J connectivity index is 1.98. The second-order valence-corrected chi connectivity index (χ2v) is 7.53. The summed E-state index contributed by atoms with van der Waals surface area (Å²) in [5.41, 5.74) is 1.51. The summed E-state index contributed by atoms with van der Waals surface area (Å²) < 4.78 is 6.30. The van der Waals surface area contributed by atoms with Crippen LogP contribution in [0, 0.1) is 7.14 Å². The highest BCUT2D eigenvalue weighted by molar-refractivity contribution is 14.1. The van der Waals surface area contributed by atoms with Gasteiger partial charge in [-0.15, -0.1) is 0 Å². The van der Waals surface area contributed by atoms with Gasteiger partial charge in [-0.2, -0.15) is 0 Å². The first kappa shape index (κ1) is 19.8. The van der Waals surface area contributed by atoms with E-state index in [4.69, 9.17) is 4.74 Å². The summed E-state index contributed by atoms with van der Waals surface area (Å²) in [5, 5.41) is 21.5. The molecule has 0 heterocycles. The van der Waals surface area contributed by atoms with Crippen LogP contribution in [0.15, 0.2) is 42.5 Å². The number of carbonyl (C=O) groups is 2. The van der Waals surface area contributed by atoms with Crippen LogP contribution in [0.4, 0.5) is 4.79 Å². The third kappa shape index (κ3) is 6.03. The molecule has 1 amide bonds. The maximum atomic E-state index is 11.9. The van der Waals surface area contributed by atoms with Crippen molar-refractivity contribution in [2.45, 2.75) is 19.1 Å². The number of hydrogen-bond acceptors (Lipinski definition) is 4. The molecule has 1 atom stereocenters. The van der Waals surface area contributed by atoms with Crippen molar-refractivity contribution in [2.24, 2.45) is 0 Å². The van der Waals surface area contributed by atoms with Gasteiger partial charge < -0.3 is 20.3 Å². The average Bonchev–Trinajstić information content (AvgIpc) is 2.58. The number of aliphatic carboxylic acids is 1. The SMILES string of the molecule is O=C(N[C@H](Cc1cc(I)c(O)c(I)c1)C(=O)O)OCc1ccccc1. The number of rotatable bonds is 6. The van der Waals surface area contributed by atoms with E-state index in [0.717, 1.165) is 5.56 Å². The third-order valence-electron chi connectivity index (χ3n) is 3.32. The van der Waals surface area contributed by atoms with Crippen molar-refractivity contribution in [2.75, 3.05) is 0 Å². The van der Waals surface area contributed by atoms with Gasteiger partial charge in [0.1, 0.15) is 18.4 Å². The van der Waals surface area contributed by atoms with Gasteiger partial charge in [0.15, 0.2) is 0 Å². The molecule has 0 unspecified atom stereocenters. The van der Waals surface area contributed by atoms with Crippen molar-refractivity contribution in [1.82, 2.24) is 5.32 Å². The Bertz CT molecular complexity index is 744. The Morgan fingerprint density at radius 3 is 2.24 bits per heavy atom. The van der Waals surface area contributed by atoms with Gasteiger partial charge in [0.05, 0.1) is 7.14 Å². The predicted octanol–water partition coefficient (Wildman–Crippen LogP) is 3.52. The van der Waals surface area contributed by atoms with Crippen molar-refractivity contribution in [3.05, 3.63) is 60.7 Å². The van der Waals surface area contributed by atoms with Gasteiger partial charge in [-0.3, -0.25) is 0 Å². The number of halogens is 2. The Labute approximate surface area is 171 Å². The van der Waals surface area contributed by atoms with E-state index in [-0.39, 0.29) is 18.8 Å². The van der Waals surface area contributed by atoms with Crippen LogP contribution in [0.3, 0.4) is 0 Å². The fraction of sp³-hybridized carbons (Fsp3) is 0.176. The fourth-order valence-electron chi connectivity index (χ4n) is 2.08. The van der Waals surface area contributed by atoms with E-state index in [2.05, 4.69) is 5.32 Å².